The second-order valence-electron chi connectivity index (χ2n) is 5.27. The molecule has 0 aromatic heterocycles. The van der Waals surface area contributed by atoms with Crippen molar-refractivity contribution in [2.45, 2.75) is 32.2 Å². The minimum absolute atomic E-state index is 0.172. The Balaban J connectivity index is 2.38. The molecule has 0 aliphatic carbocycles. The lowest BCUT2D eigenvalue weighted by molar-refractivity contribution is -0.141. The van der Waals surface area contributed by atoms with Crippen LogP contribution < -0.4 is 5.32 Å². The number of hydrogen-bond donors (Lipinski definition) is 2. The van der Waals surface area contributed by atoms with Gasteiger partial charge in [0.05, 0.1) is 5.92 Å². The Kier molecular flexibility index (Phi) is 6.08. The molecule has 0 bridgehead atoms. The zero-order chi connectivity index (χ0) is 14.4. The number of carbonyl (C=O) groups excluding carboxylic acids is 1. The van der Waals surface area contributed by atoms with Crippen LogP contribution in [-0.4, -0.2) is 66.7 Å². The van der Waals surface area contributed by atoms with E-state index in [9.17, 15) is 9.59 Å². The Labute approximate surface area is 114 Å². The van der Waals surface area contributed by atoms with E-state index in [2.05, 4.69) is 17.3 Å². The van der Waals surface area contributed by atoms with Crippen molar-refractivity contribution >= 4 is 12.0 Å². The molecule has 1 unspecified atom stereocenters. The molecule has 0 aromatic carbocycles. The highest BCUT2D eigenvalue weighted by molar-refractivity contribution is 5.76. The first-order valence-corrected chi connectivity index (χ1v) is 6.87. The van der Waals surface area contributed by atoms with E-state index in [0.717, 1.165) is 25.9 Å². The largest absolute Gasteiger partial charge is 0.481 e. The fourth-order valence-corrected chi connectivity index (χ4v) is 2.29. The van der Waals surface area contributed by atoms with Gasteiger partial charge in [-0.3, -0.25) is 4.79 Å². The Bertz CT molecular complexity index is 314. The summed E-state index contributed by atoms with van der Waals surface area (Å²) < 4.78 is 0. The van der Waals surface area contributed by atoms with E-state index < -0.39 is 11.9 Å². The van der Waals surface area contributed by atoms with Crippen molar-refractivity contribution in [2.24, 2.45) is 5.92 Å². The summed E-state index contributed by atoms with van der Waals surface area (Å²) in [5.74, 6) is -1.36. The number of rotatable bonds is 5. The van der Waals surface area contributed by atoms with Gasteiger partial charge in [0.25, 0.3) is 0 Å². The predicted molar refractivity (Wildman–Crippen MR) is 73.1 cm³/mol. The van der Waals surface area contributed by atoms with Crippen LogP contribution in [-0.2, 0) is 4.79 Å². The van der Waals surface area contributed by atoms with Crippen molar-refractivity contribution in [2.75, 3.05) is 33.7 Å². The van der Waals surface area contributed by atoms with Crippen LogP contribution in [0.5, 0.6) is 0 Å². The van der Waals surface area contributed by atoms with E-state index in [1.807, 2.05) is 6.92 Å². The lowest BCUT2D eigenvalue weighted by Gasteiger charge is -2.35. The molecule has 1 aliphatic rings. The van der Waals surface area contributed by atoms with E-state index in [0.29, 0.717) is 6.42 Å². The van der Waals surface area contributed by atoms with Crippen molar-refractivity contribution in [1.82, 2.24) is 15.1 Å². The maximum Gasteiger partial charge on any atom is 0.317 e. The molecule has 2 amide bonds. The summed E-state index contributed by atoms with van der Waals surface area (Å²) in [6.45, 7) is 4.00. The number of carboxylic acids is 1. The molecule has 6 heteroatoms. The third-order valence-electron chi connectivity index (χ3n) is 3.90. The first kappa shape index (κ1) is 15.8. The minimum Gasteiger partial charge on any atom is -0.481 e. The lowest BCUT2D eigenvalue weighted by atomic mass is 10.0. The Morgan fingerprint density at radius 2 is 2.00 bits per heavy atom. The standard InChI is InChI=1S/C13H25N3O3/c1-4-10(12(17)18)9-14-13(19)16(3)11-5-7-15(2)8-6-11/h10-11H,4-9H2,1-3H3,(H,14,19)(H,17,18). The van der Waals surface area contributed by atoms with Gasteiger partial charge >= 0.3 is 12.0 Å². The van der Waals surface area contributed by atoms with Gasteiger partial charge in [0.2, 0.25) is 0 Å². The number of carboxylic acid groups (broad SMARTS) is 1. The third-order valence-corrected chi connectivity index (χ3v) is 3.90. The Morgan fingerprint density at radius 1 is 1.42 bits per heavy atom. The van der Waals surface area contributed by atoms with Crippen molar-refractivity contribution in [3.63, 3.8) is 0 Å². The number of aliphatic carboxylic acids is 1. The summed E-state index contributed by atoms with van der Waals surface area (Å²) in [6.07, 6.45) is 2.46. The topological polar surface area (TPSA) is 72.9 Å². The molecule has 1 atom stereocenters. The Hall–Kier alpha value is -1.30. The molecule has 0 spiro atoms. The van der Waals surface area contributed by atoms with E-state index in [1.54, 1.807) is 11.9 Å². The van der Waals surface area contributed by atoms with Crippen LogP contribution in [0.4, 0.5) is 4.79 Å². The first-order chi connectivity index (χ1) is 8.95. The zero-order valence-corrected chi connectivity index (χ0v) is 12.1. The molecule has 0 radical (unpaired) electrons. The van der Waals surface area contributed by atoms with Crippen molar-refractivity contribution in [3.8, 4) is 0 Å². The molecular formula is C13H25N3O3. The number of amides is 2. The van der Waals surface area contributed by atoms with Crippen LogP contribution in [0.15, 0.2) is 0 Å². The van der Waals surface area contributed by atoms with Gasteiger partial charge in [-0.25, -0.2) is 4.79 Å². The van der Waals surface area contributed by atoms with E-state index in [4.69, 9.17) is 5.11 Å². The number of nitrogens with one attached hydrogen (secondary N) is 1. The summed E-state index contributed by atoms with van der Waals surface area (Å²) in [6, 6.07) is 0.0790. The van der Waals surface area contributed by atoms with Crippen LogP contribution in [0, 0.1) is 5.92 Å². The summed E-state index contributed by atoms with van der Waals surface area (Å²) in [5.41, 5.74) is 0. The van der Waals surface area contributed by atoms with Crippen molar-refractivity contribution in [3.05, 3.63) is 0 Å². The molecule has 0 saturated carbocycles. The van der Waals surface area contributed by atoms with Gasteiger partial charge in [-0.2, -0.15) is 0 Å². The third kappa shape index (κ3) is 4.70. The van der Waals surface area contributed by atoms with Crippen LogP contribution >= 0.6 is 0 Å². The van der Waals surface area contributed by atoms with E-state index in [1.165, 1.54) is 0 Å². The van der Waals surface area contributed by atoms with Crippen molar-refractivity contribution in [1.29, 1.82) is 0 Å². The molecule has 1 heterocycles. The minimum atomic E-state index is -0.857. The number of urea groups is 1. The van der Waals surface area contributed by atoms with Gasteiger partial charge in [0.15, 0.2) is 0 Å². The fraction of sp³-hybridized carbons (Fsp3) is 0.846. The molecule has 1 saturated heterocycles. The van der Waals surface area contributed by atoms with Gasteiger partial charge in [0, 0.05) is 19.6 Å². The molecule has 110 valence electrons. The maximum atomic E-state index is 12.0. The van der Waals surface area contributed by atoms with Crippen LogP contribution in [0.2, 0.25) is 0 Å². The molecule has 19 heavy (non-hydrogen) atoms. The number of carbonyl (C=O) groups is 2. The van der Waals surface area contributed by atoms with Crippen LogP contribution in [0.1, 0.15) is 26.2 Å². The average molecular weight is 271 g/mol. The molecule has 2 N–H and O–H groups in total. The zero-order valence-electron chi connectivity index (χ0n) is 12.1. The molecule has 6 nitrogen and oxygen atoms in total. The molecule has 1 rings (SSSR count). The summed E-state index contributed by atoms with van der Waals surface area (Å²) >= 11 is 0. The summed E-state index contributed by atoms with van der Waals surface area (Å²) in [7, 11) is 3.86. The average Bonchev–Trinajstić information content (AvgIpc) is 2.38. The smallest absolute Gasteiger partial charge is 0.317 e. The molecule has 1 fully saturated rings. The number of nitrogens with zero attached hydrogens (tertiary/aromatic N) is 2. The van der Waals surface area contributed by atoms with Gasteiger partial charge in [-0.15, -0.1) is 0 Å². The highest BCUT2D eigenvalue weighted by Gasteiger charge is 2.24. The maximum absolute atomic E-state index is 12.0. The monoisotopic (exact) mass is 271 g/mol. The van der Waals surface area contributed by atoms with Crippen LogP contribution in [0.3, 0.4) is 0 Å². The Morgan fingerprint density at radius 3 is 2.47 bits per heavy atom. The summed E-state index contributed by atoms with van der Waals surface area (Å²) in [5, 5.41) is 11.6. The quantitative estimate of drug-likeness (QED) is 0.777. The van der Waals surface area contributed by atoms with E-state index in [-0.39, 0.29) is 18.6 Å². The highest BCUT2D eigenvalue weighted by atomic mass is 16.4. The number of piperidine rings is 1. The summed E-state index contributed by atoms with van der Waals surface area (Å²) in [4.78, 5) is 26.8. The first-order valence-electron chi connectivity index (χ1n) is 6.87. The van der Waals surface area contributed by atoms with Gasteiger partial charge in [-0.05, 0) is 39.4 Å². The molecule has 0 aromatic rings. The number of likely N-dealkylation sites (tertiary alicyclic amines) is 1. The van der Waals surface area contributed by atoms with Gasteiger partial charge < -0.3 is 20.2 Å². The predicted octanol–water partition coefficient (Wildman–Crippen LogP) is 0.833. The van der Waals surface area contributed by atoms with Crippen LogP contribution in [0.25, 0.3) is 0 Å². The SMILES string of the molecule is CCC(CNC(=O)N(C)C1CCN(C)CC1)C(=O)O. The fourth-order valence-electron chi connectivity index (χ4n) is 2.29. The normalized spacial score (nSPS) is 18.9. The van der Waals surface area contributed by atoms with Gasteiger partial charge in [-0.1, -0.05) is 6.92 Å². The second-order valence-corrected chi connectivity index (χ2v) is 5.27. The second kappa shape index (κ2) is 7.33. The highest BCUT2D eigenvalue weighted by Crippen LogP contribution is 2.14. The van der Waals surface area contributed by atoms with Crippen molar-refractivity contribution < 1.29 is 14.7 Å². The van der Waals surface area contributed by atoms with Gasteiger partial charge in [0.1, 0.15) is 0 Å². The lowest BCUT2D eigenvalue weighted by Crippen LogP contribution is -2.49. The van der Waals surface area contributed by atoms with E-state index >= 15 is 0 Å². The molecule has 1 aliphatic heterocycles. The molecular weight excluding hydrogens is 246 g/mol. The number of hydrogen-bond acceptors (Lipinski definition) is 3.